The van der Waals surface area contributed by atoms with Gasteiger partial charge in [-0.2, -0.15) is 0 Å². The Hall–Kier alpha value is -4.39. The first-order valence-corrected chi connectivity index (χ1v) is 11.8. The van der Waals surface area contributed by atoms with E-state index in [0.717, 1.165) is 33.3 Å². The van der Waals surface area contributed by atoms with Crippen molar-refractivity contribution in [3.05, 3.63) is 94.8 Å². The number of fused-ring (bicyclic) bond motifs is 2. The van der Waals surface area contributed by atoms with Crippen molar-refractivity contribution in [3.8, 4) is 11.6 Å². The van der Waals surface area contributed by atoms with Gasteiger partial charge in [0.1, 0.15) is 12.4 Å². The van der Waals surface area contributed by atoms with Crippen LogP contribution in [-0.2, 0) is 13.0 Å². The van der Waals surface area contributed by atoms with Crippen LogP contribution in [0, 0.1) is 0 Å². The Balaban J connectivity index is 1.29. The minimum Gasteiger partial charge on any atom is -0.489 e. The minimum atomic E-state index is -0.571. The summed E-state index contributed by atoms with van der Waals surface area (Å²) in [5, 5.41) is 3.64. The molecule has 2 N–H and O–H groups in total. The molecule has 0 unspecified atom stereocenters. The van der Waals surface area contributed by atoms with Gasteiger partial charge in [0.15, 0.2) is 0 Å². The van der Waals surface area contributed by atoms with Gasteiger partial charge in [0.25, 0.3) is 0 Å². The Kier molecular flexibility index (Phi) is 6.06. The summed E-state index contributed by atoms with van der Waals surface area (Å²) in [5.74, 6) is 0.849. The first-order chi connectivity index (χ1) is 17.2. The predicted molar refractivity (Wildman–Crippen MR) is 138 cm³/mol. The zero-order valence-corrected chi connectivity index (χ0v) is 20.4. The molecule has 0 aliphatic heterocycles. The normalized spacial score (nSPS) is 12.7. The van der Waals surface area contributed by atoms with Crippen LogP contribution in [-0.4, -0.2) is 27.4 Å². The maximum atomic E-state index is 13.3. The number of H-pyrrole nitrogens is 1. The van der Waals surface area contributed by atoms with Gasteiger partial charge in [0.2, 0.25) is 11.7 Å². The molecule has 4 aromatic rings. The summed E-state index contributed by atoms with van der Waals surface area (Å²) in [5.41, 5.74) is 4.43. The van der Waals surface area contributed by atoms with E-state index in [4.69, 9.17) is 9.47 Å². The number of aromatic nitrogens is 2. The molecular weight excluding hydrogens is 454 g/mol. The van der Waals surface area contributed by atoms with Gasteiger partial charge >= 0.3 is 6.09 Å². The van der Waals surface area contributed by atoms with E-state index >= 15 is 0 Å². The number of Topliss-reactive ketones (excluding diaryl/α,β-unsaturated/α-hetero) is 1. The first-order valence-electron chi connectivity index (χ1n) is 11.8. The fourth-order valence-corrected chi connectivity index (χ4v) is 4.07. The van der Waals surface area contributed by atoms with Crippen LogP contribution in [0.25, 0.3) is 17.0 Å². The Labute approximate surface area is 209 Å². The van der Waals surface area contributed by atoms with E-state index in [1.807, 2.05) is 81.4 Å². The molecule has 2 aromatic carbocycles. The van der Waals surface area contributed by atoms with Gasteiger partial charge in [-0.3, -0.25) is 4.79 Å². The number of hydrogen-bond acceptors (Lipinski definition) is 5. The van der Waals surface area contributed by atoms with Crippen molar-refractivity contribution in [2.24, 2.45) is 0 Å². The molecule has 5 rings (SSSR count). The number of amides is 1. The second kappa shape index (κ2) is 9.34. The van der Waals surface area contributed by atoms with Gasteiger partial charge in [-0.05, 0) is 67.8 Å². The SMILES string of the molecule is CC(C)(C)NC(=O)Oc1cc2c(cn1)CC(C(=O)c1cc3cc(OCc4ccccc4)ccc3[nH]1)=C2. The summed E-state index contributed by atoms with van der Waals surface area (Å²) < 4.78 is 11.2. The molecule has 36 heavy (non-hydrogen) atoms. The largest absolute Gasteiger partial charge is 0.489 e. The molecule has 2 aromatic heterocycles. The molecule has 2 heterocycles. The maximum absolute atomic E-state index is 13.3. The topological polar surface area (TPSA) is 93.3 Å². The quantitative estimate of drug-likeness (QED) is 0.337. The number of carbonyl (C=O) groups is 2. The molecule has 0 bridgehead atoms. The summed E-state index contributed by atoms with van der Waals surface area (Å²) in [6, 6.07) is 19.2. The molecule has 1 aliphatic carbocycles. The van der Waals surface area contributed by atoms with Crippen LogP contribution in [0.15, 0.2) is 72.4 Å². The van der Waals surface area contributed by atoms with Crippen LogP contribution in [0.1, 0.15) is 48.0 Å². The van der Waals surface area contributed by atoms with Crippen molar-refractivity contribution in [2.45, 2.75) is 39.3 Å². The van der Waals surface area contributed by atoms with Crippen molar-refractivity contribution in [2.75, 3.05) is 0 Å². The Morgan fingerprint density at radius 3 is 2.64 bits per heavy atom. The van der Waals surface area contributed by atoms with Gasteiger partial charge in [0, 0.05) is 40.7 Å². The molecule has 0 saturated carbocycles. The van der Waals surface area contributed by atoms with Crippen LogP contribution in [0.2, 0.25) is 0 Å². The second-order valence-corrected chi connectivity index (χ2v) is 9.87. The average Bonchev–Trinajstić information content (AvgIpc) is 3.45. The van der Waals surface area contributed by atoms with Crippen LogP contribution < -0.4 is 14.8 Å². The van der Waals surface area contributed by atoms with Gasteiger partial charge in [-0.1, -0.05) is 30.3 Å². The van der Waals surface area contributed by atoms with E-state index in [0.29, 0.717) is 24.3 Å². The summed E-state index contributed by atoms with van der Waals surface area (Å²) in [7, 11) is 0. The average molecular weight is 482 g/mol. The first kappa shape index (κ1) is 23.4. The summed E-state index contributed by atoms with van der Waals surface area (Å²) in [6.45, 7) is 6.08. The third-order valence-electron chi connectivity index (χ3n) is 5.76. The van der Waals surface area contributed by atoms with Crippen LogP contribution in [0.4, 0.5) is 4.79 Å². The van der Waals surface area contributed by atoms with Crippen molar-refractivity contribution in [1.29, 1.82) is 0 Å². The van der Waals surface area contributed by atoms with Gasteiger partial charge in [-0.25, -0.2) is 9.78 Å². The lowest BCUT2D eigenvalue weighted by atomic mass is 10.1. The maximum Gasteiger partial charge on any atom is 0.414 e. The van der Waals surface area contributed by atoms with Gasteiger partial charge < -0.3 is 19.8 Å². The van der Waals surface area contributed by atoms with E-state index < -0.39 is 11.6 Å². The zero-order valence-electron chi connectivity index (χ0n) is 20.4. The highest BCUT2D eigenvalue weighted by Gasteiger charge is 2.23. The number of ether oxygens (including phenoxy) is 2. The number of hydrogen-bond donors (Lipinski definition) is 2. The molecule has 0 atom stereocenters. The number of ketones is 1. The van der Waals surface area contributed by atoms with Crippen LogP contribution in [0.5, 0.6) is 11.6 Å². The van der Waals surface area contributed by atoms with Gasteiger partial charge in [-0.15, -0.1) is 0 Å². The number of benzene rings is 2. The number of rotatable bonds is 6. The van der Waals surface area contributed by atoms with Crippen molar-refractivity contribution in [3.63, 3.8) is 0 Å². The summed E-state index contributed by atoms with van der Waals surface area (Å²) in [4.78, 5) is 32.7. The number of nitrogens with zero attached hydrogens (tertiary/aromatic N) is 1. The Morgan fingerprint density at radius 2 is 1.86 bits per heavy atom. The lowest BCUT2D eigenvalue weighted by molar-refractivity contribution is 0.103. The Bertz CT molecular complexity index is 1480. The molecule has 0 saturated heterocycles. The Morgan fingerprint density at radius 1 is 1.06 bits per heavy atom. The third kappa shape index (κ3) is 5.30. The smallest absolute Gasteiger partial charge is 0.414 e. The third-order valence-corrected chi connectivity index (χ3v) is 5.76. The summed E-state index contributed by atoms with van der Waals surface area (Å²) >= 11 is 0. The molecule has 0 radical (unpaired) electrons. The number of allylic oxidation sites excluding steroid dienone is 1. The number of aromatic amines is 1. The van der Waals surface area contributed by atoms with Crippen LogP contribution >= 0.6 is 0 Å². The fourth-order valence-electron chi connectivity index (χ4n) is 4.07. The highest BCUT2D eigenvalue weighted by atomic mass is 16.6. The van der Waals surface area contributed by atoms with Crippen molar-refractivity contribution in [1.82, 2.24) is 15.3 Å². The van der Waals surface area contributed by atoms with Crippen LogP contribution in [0.3, 0.4) is 0 Å². The standard InChI is InChI=1S/C29H27N3O4/c1-29(2,3)32-28(34)36-26-15-19-11-21(12-22(19)16-30-26)27(33)25-14-20-13-23(9-10-24(20)31-25)35-17-18-7-5-4-6-8-18/h4-11,13-16,31H,12,17H2,1-3H3,(H,32,34). The van der Waals surface area contributed by atoms with E-state index in [-0.39, 0.29) is 11.7 Å². The lowest BCUT2D eigenvalue weighted by Gasteiger charge is -2.19. The molecule has 1 amide bonds. The monoisotopic (exact) mass is 481 g/mol. The lowest BCUT2D eigenvalue weighted by Crippen LogP contribution is -2.42. The predicted octanol–water partition coefficient (Wildman–Crippen LogP) is 5.85. The number of pyridine rings is 1. The molecule has 182 valence electrons. The number of carbonyl (C=O) groups excluding carboxylic acids is 2. The zero-order chi connectivity index (χ0) is 25.3. The van der Waals surface area contributed by atoms with E-state index in [1.54, 1.807) is 12.3 Å². The summed E-state index contributed by atoms with van der Waals surface area (Å²) in [6.07, 6.45) is 3.37. The van der Waals surface area contributed by atoms with Crippen molar-refractivity contribution >= 4 is 28.9 Å². The van der Waals surface area contributed by atoms with E-state index in [9.17, 15) is 9.59 Å². The van der Waals surface area contributed by atoms with E-state index in [1.165, 1.54) is 0 Å². The molecule has 7 nitrogen and oxygen atoms in total. The fraction of sp³-hybridized carbons (Fsp3) is 0.207. The van der Waals surface area contributed by atoms with Gasteiger partial charge in [0.05, 0.1) is 5.69 Å². The molecule has 1 aliphatic rings. The highest BCUT2D eigenvalue weighted by Crippen LogP contribution is 2.30. The van der Waals surface area contributed by atoms with Crippen molar-refractivity contribution < 1.29 is 19.1 Å². The molecule has 0 spiro atoms. The second-order valence-electron chi connectivity index (χ2n) is 9.87. The van der Waals surface area contributed by atoms with E-state index in [2.05, 4.69) is 15.3 Å². The minimum absolute atomic E-state index is 0.0814. The molecule has 0 fully saturated rings. The molecule has 7 heteroatoms. The highest BCUT2D eigenvalue weighted by molar-refractivity contribution is 6.13. The number of nitrogens with one attached hydrogen (secondary N) is 2. The molecular formula is C29H27N3O4.